The molecule has 5 nitrogen and oxygen atoms in total. The summed E-state index contributed by atoms with van der Waals surface area (Å²) in [6.45, 7) is 1.29. The lowest BCUT2D eigenvalue weighted by molar-refractivity contribution is -0.137. The second-order valence-electron chi connectivity index (χ2n) is 5.91. The highest BCUT2D eigenvalue weighted by atomic mass is 79.9. The number of hydrogen-bond acceptors (Lipinski definition) is 4. The fourth-order valence-corrected chi connectivity index (χ4v) is 2.75. The topological polar surface area (TPSA) is 76.7 Å². The zero-order valence-corrected chi connectivity index (χ0v) is 17.2. The lowest BCUT2D eigenvalue weighted by atomic mass is 10.2. The average molecular weight is 492 g/mol. The van der Waals surface area contributed by atoms with E-state index >= 15 is 0 Å². The van der Waals surface area contributed by atoms with Crippen LogP contribution in [0.1, 0.15) is 12.5 Å². The first-order valence-corrected chi connectivity index (χ1v) is 8.97. The van der Waals surface area contributed by atoms with Crippen LogP contribution in [0.25, 0.3) is 0 Å². The number of hydrogen-bond donors (Lipinski definition) is 2. The number of nitrogens with zero attached hydrogens (tertiary/aromatic N) is 1. The summed E-state index contributed by atoms with van der Waals surface area (Å²) in [7, 11) is 1.13. The Kier molecular flexibility index (Phi) is 7.19. The number of benzene rings is 2. The summed E-state index contributed by atoms with van der Waals surface area (Å²) in [6.07, 6.45) is -4.56. The molecule has 0 saturated carbocycles. The number of allylic oxidation sites excluding steroid dienone is 1. The Morgan fingerprint density at radius 1 is 1.17 bits per heavy atom. The van der Waals surface area contributed by atoms with Crippen molar-refractivity contribution in [2.75, 3.05) is 12.4 Å². The third-order valence-electron chi connectivity index (χ3n) is 3.69. The van der Waals surface area contributed by atoms with Gasteiger partial charge in [-0.1, -0.05) is 0 Å². The van der Waals surface area contributed by atoms with E-state index in [0.29, 0.717) is 0 Å². The molecule has 0 aliphatic rings. The zero-order chi connectivity index (χ0) is 22.6. The van der Waals surface area contributed by atoms with Crippen LogP contribution in [-0.2, 0) is 11.0 Å². The monoisotopic (exact) mass is 491 g/mol. The standard InChI is InChI=1S/C19H15BrF5N3O2/c1-9(26)16(17(22)27-2)18(29)28-13-5-4-11(21)8-15(13)30-14-6-3-10(7-12(14)20)19(23,24)25/h3-8H,26H2,1-2H3,(H,28,29). The van der Waals surface area contributed by atoms with Gasteiger partial charge in [-0.05, 0) is 53.2 Å². The summed E-state index contributed by atoms with van der Waals surface area (Å²) in [6, 6.07) is 5.66. The van der Waals surface area contributed by atoms with Crippen LogP contribution in [-0.4, -0.2) is 18.9 Å². The van der Waals surface area contributed by atoms with Crippen LogP contribution in [0, 0.1) is 5.82 Å². The van der Waals surface area contributed by atoms with Crippen molar-refractivity contribution in [1.82, 2.24) is 0 Å². The van der Waals surface area contributed by atoms with Gasteiger partial charge in [-0.3, -0.25) is 9.79 Å². The fourth-order valence-electron chi connectivity index (χ4n) is 2.29. The predicted octanol–water partition coefficient (Wildman–Crippen LogP) is 5.57. The van der Waals surface area contributed by atoms with Crippen LogP contribution in [0.3, 0.4) is 0 Å². The molecule has 160 valence electrons. The van der Waals surface area contributed by atoms with Crippen molar-refractivity contribution in [3.63, 3.8) is 0 Å². The lowest BCUT2D eigenvalue weighted by Crippen LogP contribution is -2.22. The lowest BCUT2D eigenvalue weighted by Gasteiger charge is -2.15. The van der Waals surface area contributed by atoms with Gasteiger partial charge < -0.3 is 15.8 Å². The number of nitrogens with two attached hydrogens (primary N) is 1. The zero-order valence-electron chi connectivity index (χ0n) is 15.6. The van der Waals surface area contributed by atoms with Gasteiger partial charge in [0.1, 0.15) is 17.1 Å². The van der Waals surface area contributed by atoms with Gasteiger partial charge in [0.2, 0.25) is 5.97 Å². The molecule has 0 aliphatic heterocycles. The summed E-state index contributed by atoms with van der Waals surface area (Å²) in [4.78, 5) is 15.7. The normalized spacial score (nSPS) is 13.0. The van der Waals surface area contributed by atoms with E-state index in [2.05, 4.69) is 26.2 Å². The Balaban J connectivity index is 2.39. The number of carbonyl (C=O) groups is 1. The quantitative estimate of drug-likeness (QED) is 0.326. The number of ether oxygens (including phenoxy) is 1. The molecule has 30 heavy (non-hydrogen) atoms. The first-order chi connectivity index (χ1) is 13.9. The first kappa shape index (κ1) is 23.3. The SMILES string of the molecule is CN=C(F)C(C(=O)Nc1ccc(F)cc1Oc1ccc(C(F)(F)F)cc1Br)=C(C)N. The van der Waals surface area contributed by atoms with Crippen molar-refractivity contribution in [2.45, 2.75) is 13.1 Å². The number of carbonyl (C=O) groups excluding carboxylic acids is 1. The Labute approximate surface area is 176 Å². The molecular weight excluding hydrogens is 477 g/mol. The van der Waals surface area contributed by atoms with Crippen LogP contribution in [0.2, 0.25) is 0 Å². The van der Waals surface area contributed by atoms with Gasteiger partial charge in [-0.25, -0.2) is 4.39 Å². The molecule has 11 heteroatoms. The van der Waals surface area contributed by atoms with Gasteiger partial charge in [-0.15, -0.1) is 0 Å². The van der Waals surface area contributed by atoms with E-state index in [9.17, 15) is 26.7 Å². The van der Waals surface area contributed by atoms with E-state index in [4.69, 9.17) is 10.5 Å². The molecule has 0 atom stereocenters. The molecule has 2 rings (SSSR count). The van der Waals surface area contributed by atoms with Crippen LogP contribution >= 0.6 is 15.9 Å². The molecule has 0 radical (unpaired) electrons. The second-order valence-corrected chi connectivity index (χ2v) is 6.77. The Hall–Kier alpha value is -2.95. The maximum atomic E-state index is 13.9. The molecule has 0 saturated heterocycles. The summed E-state index contributed by atoms with van der Waals surface area (Å²) in [5, 5.41) is 2.33. The average Bonchev–Trinajstić information content (AvgIpc) is 2.64. The molecule has 2 aromatic carbocycles. The highest BCUT2D eigenvalue weighted by Gasteiger charge is 2.31. The van der Waals surface area contributed by atoms with Crippen LogP contribution in [0.5, 0.6) is 11.5 Å². The molecule has 0 fully saturated rings. The Morgan fingerprint density at radius 3 is 2.37 bits per heavy atom. The van der Waals surface area contributed by atoms with Crippen LogP contribution in [0.4, 0.5) is 27.6 Å². The number of anilines is 1. The van der Waals surface area contributed by atoms with Crippen LogP contribution < -0.4 is 15.8 Å². The van der Waals surface area contributed by atoms with E-state index in [1.54, 1.807) is 0 Å². The first-order valence-electron chi connectivity index (χ1n) is 8.18. The minimum atomic E-state index is -4.56. The van der Waals surface area contributed by atoms with E-state index in [-0.39, 0.29) is 27.4 Å². The molecule has 0 bridgehead atoms. The minimum Gasteiger partial charge on any atom is -0.454 e. The van der Waals surface area contributed by atoms with Crippen molar-refractivity contribution in [2.24, 2.45) is 10.7 Å². The largest absolute Gasteiger partial charge is 0.454 e. The molecule has 1 amide bonds. The van der Waals surface area contributed by atoms with E-state index in [1.165, 1.54) is 6.92 Å². The highest BCUT2D eigenvalue weighted by Crippen LogP contribution is 2.38. The van der Waals surface area contributed by atoms with E-state index in [1.807, 2.05) is 0 Å². The summed E-state index contributed by atoms with van der Waals surface area (Å²) in [5.41, 5.74) is 3.87. The van der Waals surface area contributed by atoms with E-state index < -0.39 is 35.0 Å². The number of nitrogens with one attached hydrogen (secondary N) is 1. The van der Waals surface area contributed by atoms with Gasteiger partial charge in [0, 0.05) is 18.8 Å². The van der Waals surface area contributed by atoms with Crippen molar-refractivity contribution in [1.29, 1.82) is 0 Å². The van der Waals surface area contributed by atoms with Gasteiger partial charge in [0.25, 0.3) is 5.91 Å². The maximum Gasteiger partial charge on any atom is 0.416 e. The number of aliphatic imine (C=N–C) groups is 1. The van der Waals surface area contributed by atoms with Crippen molar-refractivity contribution >= 4 is 33.5 Å². The fraction of sp³-hybridized carbons (Fsp3) is 0.158. The Bertz CT molecular complexity index is 1030. The maximum absolute atomic E-state index is 13.9. The highest BCUT2D eigenvalue weighted by molar-refractivity contribution is 9.10. The Morgan fingerprint density at radius 2 is 1.83 bits per heavy atom. The molecule has 0 aromatic heterocycles. The van der Waals surface area contributed by atoms with E-state index in [0.717, 1.165) is 43.4 Å². The molecule has 0 aliphatic carbocycles. The number of alkyl halides is 3. The van der Waals surface area contributed by atoms with Gasteiger partial charge >= 0.3 is 6.18 Å². The summed E-state index contributed by atoms with van der Waals surface area (Å²) >= 11 is 2.97. The molecule has 3 N–H and O–H groups in total. The molecule has 2 aromatic rings. The summed E-state index contributed by atoms with van der Waals surface area (Å²) < 4.78 is 71.4. The molecular formula is C19H15BrF5N3O2. The number of halogens is 6. The summed E-state index contributed by atoms with van der Waals surface area (Å²) in [5.74, 6) is -3.12. The van der Waals surface area contributed by atoms with Crippen LogP contribution in [0.15, 0.2) is 57.1 Å². The minimum absolute atomic E-state index is 0.0542. The predicted molar refractivity (Wildman–Crippen MR) is 106 cm³/mol. The molecule has 0 unspecified atom stereocenters. The third kappa shape index (κ3) is 5.56. The van der Waals surface area contributed by atoms with Gasteiger partial charge in [0.05, 0.1) is 15.7 Å². The third-order valence-corrected chi connectivity index (χ3v) is 4.31. The van der Waals surface area contributed by atoms with Gasteiger partial charge in [0.15, 0.2) is 5.75 Å². The van der Waals surface area contributed by atoms with Crippen molar-refractivity contribution in [3.05, 3.63) is 63.5 Å². The molecule has 0 heterocycles. The van der Waals surface area contributed by atoms with Crippen molar-refractivity contribution < 1.29 is 31.5 Å². The number of rotatable bonds is 5. The van der Waals surface area contributed by atoms with Crippen molar-refractivity contribution in [3.8, 4) is 11.5 Å². The number of amides is 1. The second kappa shape index (κ2) is 9.24. The van der Waals surface area contributed by atoms with Gasteiger partial charge in [-0.2, -0.15) is 17.6 Å². The molecule has 0 spiro atoms. The smallest absolute Gasteiger partial charge is 0.416 e.